The van der Waals surface area contributed by atoms with E-state index in [1.807, 2.05) is 12.4 Å². The van der Waals surface area contributed by atoms with E-state index in [9.17, 15) is 0 Å². The second-order valence-electron chi connectivity index (χ2n) is 5.63. The van der Waals surface area contributed by atoms with Crippen molar-refractivity contribution < 1.29 is 0 Å². The summed E-state index contributed by atoms with van der Waals surface area (Å²) in [5.74, 6) is 2.06. The molecule has 1 fully saturated rings. The van der Waals surface area contributed by atoms with Crippen molar-refractivity contribution in [1.29, 1.82) is 0 Å². The van der Waals surface area contributed by atoms with Crippen LogP contribution in [-0.2, 0) is 6.42 Å². The topological polar surface area (TPSA) is 40.7 Å². The van der Waals surface area contributed by atoms with Crippen LogP contribution in [0.15, 0.2) is 12.4 Å². The van der Waals surface area contributed by atoms with Gasteiger partial charge < -0.3 is 10.3 Å². The molecule has 0 amide bonds. The first-order chi connectivity index (χ1) is 8.88. The number of H-pyrrole nitrogens is 1. The summed E-state index contributed by atoms with van der Waals surface area (Å²) in [7, 11) is 0. The normalized spacial score (nSPS) is 18.9. The first kappa shape index (κ1) is 13.6. The molecule has 1 heterocycles. The number of rotatable bonds is 7. The van der Waals surface area contributed by atoms with Gasteiger partial charge in [0.1, 0.15) is 5.82 Å². The van der Waals surface area contributed by atoms with Crippen molar-refractivity contribution >= 4 is 0 Å². The lowest BCUT2D eigenvalue weighted by atomic mass is 9.84. The molecule has 1 aliphatic rings. The molecule has 18 heavy (non-hydrogen) atoms. The Morgan fingerprint density at radius 2 is 2.22 bits per heavy atom. The fourth-order valence-electron chi connectivity index (χ4n) is 3.06. The van der Waals surface area contributed by atoms with Crippen molar-refractivity contribution in [3.8, 4) is 0 Å². The van der Waals surface area contributed by atoms with Gasteiger partial charge >= 0.3 is 0 Å². The zero-order valence-corrected chi connectivity index (χ0v) is 11.6. The molecule has 2 rings (SSSR count). The Kier molecular flexibility index (Phi) is 5.72. The maximum atomic E-state index is 4.36. The number of hydrogen-bond donors (Lipinski definition) is 2. The summed E-state index contributed by atoms with van der Waals surface area (Å²) in [5, 5.41) is 3.69. The standard InChI is InChI=1S/C15H27N3/c1-2-8-16-14(12-15-17-9-10-18-15)11-13-6-4-3-5-7-13/h9-10,13-14,16H,2-8,11-12H2,1H3,(H,17,18). The predicted molar refractivity (Wildman–Crippen MR) is 75.6 cm³/mol. The van der Waals surface area contributed by atoms with E-state index in [0.29, 0.717) is 6.04 Å². The lowest BCUT2D eigenvalue weighted by Gasteiger charge is -2.27. The fourth-order valence-corrected chi connectivity index (χ4v) is 3.06. The van der Waals surface area contributed by atoms with Crippen molar-refractivity contribution in [2.75, 3.05) is 6.54 Å². The summed E-state index contributed by atoms with van der Waals surface area (Å²) in [6, 6.07) is 0.596. The van der Waals surface area contributed by atoms with Gasteiger partial charge in [0, 0.05) is 24.9 Å². The van der Waals surface area contributed by atoms with Crippen LogP contribution in [0.3, 0.4) is 0 Å². The molecule has 0 spiro atoms. The van der Waals surface area contributed by atoms with Crippen molar-refractivity contribution in [2.45, 2.75) is 64.3 Å². The van der Waals surface area contributed by atoms with Crippen molar-refractivity contribution in [1.82, 2.24) is 15.3 Å². The number of aromatic amines is 1. The molecule has 0 bridgehead atoms. The van der Waals surface area contributed by atoms with Crippen LogP contribution in [0.4, 0.5) is 0 Å². The highest BCUT2D eigenvalue weighted by Gasteiger charge is 2.19. The summed E-state index contributed by atoms with van der Waals surface area (Å²) in [6.45, 7) is 3.36. The largest absolute Gasteiger partial charge is 0.349 e. The van der Waals surface area contributed by atoms with Gasteiger partial charge in [-0.1, -0.05) is 39.0 Å². The lowest BCUT2D eigenvalue weighted by molar-refractivity contribution is 0.295. The van der Waals surface area contributed by atoms with Gasteiger partial charge in [0.15, 0.2) is 0 Å². The molecule has 1 aliphatic carbocycles. The lowest BCUT2D eigenvalue weighted by Crippen LogP contribution is -2.34. The van der Waals surface area contributed by atoms with Crippen LogP contribution in [0, 0.1) is 5.92 Å². The van der Waals surface area contributed by atoms with Gasteiger partial charge in [-0.15, -0.1) is 0 Å². The van der Waals surface area contributed by atoms with Gasteiger partial charge in [0.2, 0.25) is 0 Å². The van der Waals surface area contributed by atoms with E-state index >= 15 is 0 Å². The van der Waals surface area contributed by atoms with Crippen LogP contribution in [0.1, 0.15) is 57.7 Å². The SMILES string of the molecule is CCCNC(Cc1ncc[nH]1)CC1CCCCC1. The second-order valence-corrected chi connectivity index (χ2v) is 5.63. The van der Waals surface area contributed by atoms with E-state index < -0.39 is 0 Å². The highest BCUT2D eigenvalue weighted by atomic mass is 14.9. The number of nitrogens with one attached hydrogen (secondary N) is 2. The van der Waals surface area contributed by atoms with Gasteiger partial charge in [0.05, 0.1) is 0 Å². The average molecular weight is 249 g/mol. The smallest absolute Gasteiger partial charge is 0.107 e. The molecule has 1 aromatic heterocycles. The summed E-state index contributed by atoms with van der Waals surface area (Å²) in [5.41, 5.74) is 0. The Hall–Kier alpha value is -0.830. The maximum absolute atomic E-state index is 4.36. The Labute approximate surface area is 111 Å². The quantitative estimate of drug-likeness (QED) is 0.778. The molecule has 1 unspecified atom stereocenters. The molecule has 1 saturated carbocycles. The van der Waals surface area contributed by atoms with E-state index in [1.54, 1.807) is 0 Å². The number of hydrogen-bond acceptors (Lipinski definition) is 2. The van der Waals surface area contributed by atoms with Crippen molar-refractivity contribution in [3.05, 3.63) is 18.2 Å². The molecule has 1 aromatic rings. The Balaban J connectivity index is 1.83. The molecule has 0 aromatic carbocycles. The number of aromatic nitrogens is 2. The van der Waals surface area contributed by atoms with Crippen molar-refractivity contribution in [2.24, 2.45) is 5.92 Å². The van der Waals surface area contributed by atoms with Gasteiger partial charge in [-0.3, -0.25) is 0 Å². The zero-order chi connectivity index (χ0) is 12.6. The third-order valence-corrected chi connectivity index (χ3v) is 4.02. The zero-order valence-electron chi connectivity index (χ0n) is 11.6. The van der Waals surface area contributed by atoms with Crippen molar-refractivity contribution in [3.63, 3.8) is 0 Å². The maximum Gasteiger partial charge on any atom is 0.107 e. The fraction of sp³-hybridized carbons (Fsp3) is 0.800. The highest BCUT2D eigenvalue weighted by Crippen LogP contribution is 2.27. The summed E-state index contributed by atoms with van der Waals surface area (Å²) >= 11 is 0. The van der Waals surface area contributed by atoms with E-state index in [-0.39, 0.29) is 0 Å². The van der Waals surface area contributed by atoms with Crippen LogP contribution in [0.5, 0.6) is 0 Å². The number of imidazole rings is 1. The average Bonchev–Trinajstić information content (AvgIpc) is 2.90. The predicted octanol–water partition coefficient (Wildman–Crippen LogP) is 3.29. The third-order valence-electron chi connectivity index (χ3n) is 4.02. The van der Waals surface area contributed by atoms with E-state index in [1.165, 1.54) is 44.9 Å². The molecule has 3 nitrogen and oxygen atoms in total. The molecule has 0 saturated heterocycles. The second kappa shape index (κ2) is 7.57. The van der Waals surface area contributed by atoms with Crippen LogP contribution in [0.2, 0.25) is 0 Å². The summed E-state index contributed by atoms with van der Waals surface area (Å²) in [6.07, 6.45) is 14.5. The first-order valence-corrected chi connectivity index (χ1v) is 7.60. The summed E-state index contributed by atoms with van der Waals surface area (Å²) < 4.78 is 0. The molecular formula is C15H27N3. The Morgan fingerprint density at radius 3 is 2.89 bits per heavy atom. The Morgan fingerprint density at radius 1 is 1.39 bits per heavy atom. The molecular weight excluding hydrogens is 222 g/mol. The van der Waals surface area contributed by atoms with E-state index in [2.05, 4.69) is 22.2 Å². The van der Waals surface area contributed by atoms with Crippen LogP contribution < -0.4 is 5.32 Å². The van der Waals surface area contributed by atoms with E-state index in [4.69, 9.17) is 0 Å². The molecule has 3 heteroatoms. The monoisotopic (exact) mass is 249 g/mol. The first-order valence-electron chi connectivity index (χ1n) is 7.60. The molecule has 0 radical (unpaired) electrons. The van der Waals surface area contributed by atoms with Gasteiger partial charge in [-0.2, -0.15) is 0 Å². The van der Waals surface area contributed by atoms with Gasteiger partial charge in [0.25, 0.3) is 0 Å². The van der Waals surface area contributed by atoms with Gasteiger partial charge in [-0.05, 0) is 25.3 Å². The Bertz CT molecular complexity index is 302. The number of nitrogens with zero attached hydrogens (tertiary/aromatic N) is 1. The summed E-state index contributed by atoms with van der Waals surface area (Å²) in [4.78, 5) is 7.59. The molecule has 1 atom stereocenters. The van der Waals surface area contributed by atoms with Gasteiger partial charge in [-0.25, -0.2) is 4.98 Å². The molecule has 0 aliphatic heterocycles. The highest BCUT2D eigenvalue weighted by molar-refractivity contribution is 4.92. The minimum Gasteiger partial charge on any atom is -0.349 e. The van der Waals surface area contributed by atoms with Crippen LogP contribution in [0.25, 0.3) is 0 Å². The van der Waals surface area contributed by atoms with Crippen LogP contribution >= 0.6 is 0 Å². The third kappa shape index (κ3) is 4.45. The minimum absolute atomic E-state index is 0.596. The van der Waals surface area contributed by atoms with Crippen LogP contribution in [-0.4, -0.2) is 22.6 Å². The molecule has 102 valence electrons. The van der Waals surface area contributed by atoms with E-state index in [0.717, 1.165) is 24.7 Å². The minimum atomic E-state index is 0.596. The molecule has 2 N–H and O–H groups in total.